The Labute approximate surface area is 115 Å². The molecule has 0 aliphatic heterocycles. The number of hydrogen-bond donors (Lipinski definition) is 1. The fraction of sp³-hybridized carbons (Fsp3) is 0.167. The van der Waals surface area contributed by atoms with Crippen LogP contribution < -0.4 is 5.32 Å². The van der Waals surface area contributed by atoms with Crippen molar-refractivity contribution < 1.29 is 4.79 Å². The second-order valence-corrected chi connectivity index (χ2v) is 4.64. The van der Waals surface area contributed by atoms with Gasteiger partial charge in [0, 0.05) is 13.2 Å². The Hall–Kier alpha value is -1.52. The van der Waals surface area contributed by atoms with Crippen LogP contribution in [0.3, 0.4) is 0 Å². The lowest BCUT2D eigenvalue weighted by Crippen LogP contribution is -2.12. The zero-order valence-electron chi connectivity index (χ0n) is 9.87. The summed E-state index contributed by atoms with van der Waals surface area (Å²) in [5, 5.41) is 7.55. The minimum absolute atomic E-state index is 0.259. The molecule has 0 spiro atoms. The van der Waals surface area contributed by atoms with Gasteiger partial charge in [-0.2, -0.15) is 5.10 Å². The maximum atomic E-state index is 12.0. The highest BCUT2D eigenvalue weighted by Gasteiger charge is 2.14. The van der Waals surface area contributed by atoms with E-state index in [1.165, 1.54) is 0 Å². The average Bonchev–Trinajstić information content (AvgIpc) is 2.64. The number of carbonyl (C=O) groups is 1. The molecule has 0 aliphatic carbocycles. The third-order valence-corrected chi connectivity index (χ3v) is 3.28. The third kappa shape index (κ3) is 2.49. The van der Waals surface area contributed by atoms with Gasteiger partial charge in [-0.3, -0.25) is 9.48 Å². The number of anilines is 1. The summed E-state index contributed by atoms with van der Waals surface area (Å²) < 4.78 is 1.59. The van der Waals surface area contributed by atoms with Crippen LogP contribution in [0.25, 0.3) is 0 Å². The molecule has 0 radical (unpaired) electrons. The monoisotopic (exact) mass is 283 g/mol. The standard InChI is InChI=1S/C12H11Cl2N3O/c1-7-8(6-17(2)16-7)12(18)15-10-5-3-4-9(13)11(10)14/h3-6H,1-2H3,(H,15,18). The Morgan fingerprint density at radius 2 is 2.11 bits per heavy atom. The van der Waals surface area contributed by atoms with E-state index in [4.69, 9.17) is 23.2 Å². The Morgan fingerprint density at radius 3 is 2.72 bits per heavy atom. The lowest BCUT2D eigenvalue weighted by molar-refractivity contribution is 0.102. The second kappa shape index (κ2) is 5.00. The number of carbonyl (C=O) groups excluding carboxylic acids is 1. The van der Waals surface area contributed by atoms with E-state index in [1.807, 2.05) is 0 Å². The topological polar surface area (TPSA) is 46.9 Å². The van der Waals surface area contributed by atoms with Crippen molar-refractivity contribution in [1.29, 1.82) is 0 Å². The molecule has 94 valence electrons. The third-order valence-electron chi connectivity index (χ3n) is 2.46. The van der Waals surface area contributed by atoms with Gasteiger partial charge in [0.05, 0.1) is 27.0 Å². The van der Waals surface area contributed by atoms with Crippen molar-refractivity contribution in [2.24, 2.45) is 7.05 Å². The van der Waals surface area contributed by atoms with Crippen LogP contribution in [0.15, 0.2) is 24.4 Å². The van der Waals surface area contributed by atoms with Gasteiger partial charge in [-0.25, -0.2) is 0 Å². The van der Waals surface area contributed by atoms with Crippen LogP contribution in [-0.4, -0.2) is 15.7 Å². The molecule has 1 heterocycles. The van der Waals surface area contributed by atoms with E-state index in [0.29, 0.717) is 27.0 Å². The lowest BCUT2D eigenvalue weighted by Gasteiger charge is -2.07. The Bertz CT molecular complexity index is 607. The number of halogens is 2. The van der Waals surface area contributed by atoms with Crippen LogP contribution in [0.5, 0.6) is 0 Å². The van der Waals surface area contributed by atoms with Crippen LogP contribution in [0.4, 0.5) is 5.69 Å². The zero-order chi connectivity index (χ0) is 13.3. The zero-order valence-corrected chi connectivity index (χ0v) is 11.4. The van der Waals surface area contributed by atoms with E-state index < -0.39 is 0 Å². The normalized spacial score (nSPS) is 10.4. The fourth-order valence-corrected chi connectivity index (χ4v) is 1.96. The largest absolute Gasteiger partial charge is 0.320 e. The average molecular weight is 284 g/mol. The highest BCUT2D eigenvalue weighted by Crippen LogP contribution is 2.29. The molecule has 0 fully saturated rings. The van der Waals surface area contributed by atoms with Gasteiger partial charge in [-0.05, 0) is 19.1 Å². The van der Waals surface area contributed by atoms with Crippen LogP contribution in [0, 0.1) is 6.92 Å². The van der Waals surface area contributed by atoms with Crippen molar-refractivity contribution in [3.63, 3.8) is 0 Å². The molecule has 0 unspecified atom stereocenters. The molecule has 1 amide bonds. The first-order chi connectivity index (χ1) is 8.49. The predicted molar refractivity (Wildman–Crippen MR) is 72.4 cm³/mol. The van der Waals surface area contributed by atoms with Crippen molar-refractivity contribution in [3.8, 4) is 0 Å². The highest BCUT2D eigenvalue weighted by atomic mass is 35.5. The van der Waals surface area contributed by atoms with Crippen LogP contribution >= 0.6 is 23.2 Å². The SMILES string of the molecule is Cc1nn(C)cc1C(=O)Nc1cccc(Cl)c1Cl. The second-order valence-electron chi connectivity index (χ2n) is 3.86. The molecule has 4 nitrogen and oxygen atoms in total. The Balaban J connectivity index is 2.27. The van der Waals surface area contributed by atoms with Gasteiger partial charge in [0.1, 0.15) is 0 Å². The summed E-state index contributed by atoms with van der Waals surface area (Å²) in [5.74, 6) is -0.259. The van der Waals surface area contributed by atoms with Crippen LogP contribution in [0.1, 0.15) is 16.1 Å². The van der Waals surface area contributed by atoms with E-state index in [0.717, 1.165) is 0 Å². The molecule has 2 aromatic rings. The summed E-state index contributed by atoms with van der Waals surface area (Å²) in [7, 11) is 1.76. The smallest absolute Gasteiger partial charge is 0.259 e. The first-order valence-electron chi connectivity index (χ1n) is 5.24. The predicted octanol–water partition coefficient (Wildman–Crippen LogP) is 3.29. The van der Waals surface area contributed by atoms with E-state index in [-0.39, 0.29) is 5.91 Å². The van der Waals surface area contributed by atoms with E-state index in [2.05, 4.69) is 10.4 Å². The van der Waals surface area contributed by atoms with Gasteiger partial charge in [0.2, 0.25) is 0 Å². The minimum Gasteiger partial charge on any atom is -0.320 e. The summed E-state index contributed by atoms with van der Waals surface area (Å²) in [6.07, 6.45) is 1.66. The van der Waals surface area contributed by atoms with Crippen molar-refractivity contribution in [3.05, 3.63) is 45.7 Å². The van der Waals surface area contributed by atoms with Crippen molar-refractivity contribution >= 4 is 34.8 Å². The highest BCUT2D eigenvalue weighted by molar-refractivity contribution is 6.44. The van der Waals surface area contributed by atoms with Crippen molar-refractivity contribution in [2.45, 2.75) is 6.92 Å². The van der Waals surface area contributed by atoms with E-state index >= 15 is 0 Å². The first kappa shape index (κ1) is 12.9. The number of rotatable bonds is 2. The number of nitrogens with zero attached hydrogens (tertiary/aromatic N) is 2. The molecule has 18 heavy (non-hydrogen) atoms. The van der Waals surface area contributed by atoms with Gasteiger partial charge >= 0.3 is 0 Å². The summed E-state index contributed by atoms with van der Waals surface area (Å²) in [6, 6.07) is 5.08. The molecule has 2 rings (SSSR count). The van der Waals surface area contributed by atoms with Crippen LogP contribution in [0.2, 0.25) is 10.0 Å². The number of amides is 1. The van der Waals surface area contributed by atoms with Gasteiger partial charge in [0.15, 0.2) is 0 Å². The van der Waals surface area contributed by atoms with Gasteiger partial charge < -0.3 is 5.32 Å². The molecular weight excluding hydrogens is 273 g/mol. The summed E-state index contributed by atoms with van der Waals surface area (Å²) in [4.78, 5) is 12.0. The summed E-state index contributed by atoms with van der Waals surface area (Å²) in [6.45, 7) is 1.77. The molecule has 0 atom stereocenters. The molecule has 6 heteroatoms. The molecule has 0 aliphatic rings. The Kier molecular flexibility index (Phi) is 3.59. The van der Waals surface area contributed by atoms with Crippen molar-refractivity contribution in [2.75, 3.05) is 5.32 Å². The van der Waals surface area contributed by atoms with E-state index in [1.54, 1.807) is 43.0 Å². The molecule has 1 aromatic carbocycles. The summed E-state index contributed by atoms with van der Waals surface area (Å²) >= 11 is 11.9. The van der Waals surface area contributed by atoms with E-state index in [9.17, 15) is 4.79 Å². The number of aromatic nitrogens is 2. The minimum atomic E-state index is -0.259. The molecule has 1 aromatic heterocycles. The molecular formula is C12H11Cl2N3O. The quantitative estimate of drug-likeness (QED) is 0.919. The molecule has 0 saturated heterocycles. The molecule has 0 bridgehead atoms. The maximum absolute atomic E-state index is 12.0. The molecule has 1 N–H and O–H groups in total. The number of hydrogen-bond acceptors (Lipinski definition) is 2. The maximum Gasteiger partial charge on any atom is 0.259 e. The fourth-order valence-electron chi connectivity index (χ4n) is 1.61. The van der Waals surface area contributed by atoms with Crippen LogP contribution in [-0.2, 0) is 7.05 Å². The van der Waals surface area contributed by atoms with Gasteiger partial charge in [-0.1, -0.05) is 29.3 Å². The van der Waals surface area contributed by atoms with Gasteiger partial charge in [0.25, 0.3) is 5.91 Å². The molecule has 0 saturated carbocycles. The Morgan fingerprint density at radius 1 is 1.39 bits per heavy atom. The lowest BCUT2D eigenvalue weighted by atomic mass is 10.2. The number of aryl methyl sites for hydroxylation is 2. The summed E-state index contributed by atoms with van der Waals surface area (Å²) in [5.41, 5.74) is 1.65. The number of nitrogens with one attached hydrogen (secondary N) is 1. The first-order valence-corrected chi connectivity index (χ1v) is 6.00. The number of benzene rings is 1. The van der Waals surface area contributed by atoms with Gasteiger partial charge in [-0.15, -0.1) is 0 Å². The van der Waals surface area contributed by atoms with Crippen molar-refractivity contribution in [1.82, 2.24) is 9.78 Å².